The van der Waals surface area contributed by atoms with Crippen LogP contribution in [0.15, 0.2) is 46.2 Å². The highest BCUT2D eigenvalue weighted by molar-refractivity contribution is 7.99. The third kappa shape index (κ3) is 6.90. The van der Waals surface area contributed by atoms with Gasteiger partial charge in [0.25, 0.3) is 0 Å². The SMILES string of the molecule is CCOc1cccc(SCC(NS(=O)(=O)c2c(C)cc(CC3CCC3)cc2C)C(F)(F)F)c1. The molecule has 2 aromatic rings. The molecule has 1 atom stereocenters. The number of sulfonamides is 1. The molecule has 3 rings (SSSR count). The number of alkyl halides is 3. The number of rotatable bonds is 10. The molecular weight excluding hydrogens is 471 g/mol. The van der Waals surface area contributed by atoms with E-state index < -0.39 is 28.0 Å². The molecule has 0 aromatic heterocycles. The van der Waals surface area contributed by atoms with Gasteiger partial charge in [0.05, 0.1) is 11.5 Å². The van der Waals surface area contributed by atoms with Gasteiger partial charge in [-0.3, -0.25) is 0 Å². The molecule has 0 heterocycles. The van der Waals surface area contributed by atoms with Crippen molar-refractivity contribution in [3.63, 3.8) is 0 Å². The Morgan fingerprint density at radius 3 is 2.36 bits per heavy atom. The van der Waals surface area contributed by atoms with E-state index in [1.165, 1.54) is 6.42 Å². The van der Waals surface area contributed by atoms with Gasteiger partial charge in [0, 0.05) is 10.6 Å². The van der Waals surface area contributed by atoms with Crippen LogP contribution in [-0.2, 0) is 16.4 Å². The molecule has 33 heavy (non-hydrogen) atoms. The Hall–Kier alpha value is -1.71. The fourth-order valence-corrected chi connectivity index (χ4v) is 6.84. The highest BCUT2D eigenvalue weighted by atomic mass is 32.2. The Morgan fingerprint density at radius 2 is 1.82 bits per heavy atom. The van der Waals surface area contributed by atoms with Crippen LogP contribution in [0.1, 0.15) is 42.9 Å². The van der Waals surface area contributed by atoms with Crippen molar-refractivity contribution in [3.05, 3.63) is 53.1 Å². The standard InChI is InChI=1S/C24H30F3NO3S2/c1-4-31-20-9-6-10-21(14-20)32-15-22(24(25,26)27)28-33(29,30)23-16(2)11-19(12-17(23)3)13-18-7-5-8-18/h6,9-12,14,18,22,28H,4-5,7-8,13,15H2,1-3H3. The highest BCUT2D eigenvalue weighted by Crippen LogP contribution is 2.33. The third-order valence-electron chi connectivity index (χ3n) is 5.76. The minimum Gasteiger partial charge on any atom is -0.494 e. The normalized spacial score (nSPS) is 15.8. The van der Waals surface area contributed by atoms with Crippen LogP contribution in [0.4, 0.5) is 13.2 Å². The summed E-state index contributed by atoms with van der Waals surface area (Å²) in [7, 11) is -4.37. The van der Waals surface area contributed by atoms with E-state index in [4.69, 9.17) is 4.74 Å². The second-order valence-corrected chi connectivity index (χ2v) is 11.2. The second-order valence-electron chi connectivity index (χ2n) is 8.49. The molecule has 182 valence electrons. The molecule has 4 nitrogen and oxygen atoms in total. The number of hydrogen-bond donors (Lipinski definition) is 1. The summed E-state index contributed by atoms with van der Waals surface area (Å²) in [6, 6.07) is 8.08. The Labute approximate surface area is 198 Å². The first-order chi connectivity index (χ1) is 15.5. The van der Waals surface area contributed by atoms with Gasteiger partial charge < -0.3 is 4.74 Å². The number of nitrogens with one attached hydrogen (secondary N) is 1. The summed E-state index contributed by atoms with van der Waals surface area (Å²) >= 11 is 0.931. The molecule has 2 aromatic carbocycles. The first-order valence-electron chi connectivity index (χ1n) is 11.0. The number of hydrogen-bond acceptors (Lipinski definition) is 4. The van der Waals surface area contributed by atoms with Crippen LogP contribution < -0.4 is 9.46 Å². The van der Waals surface area contributed by atoms with Crippen molar-refractivity contribution in [1.29, 1.82) is 0 Å². The first-order valence-corrected chi connectivity index (χ1v) is 13.5. The van der Waals surface area contributed by atoms with Gasteiger partial charge in [0.15, 0.2) is 0 Å². The predicted octanol–water partition coefficient (Wildman–Crippen LogP) is 6.05. The molecule has 0 spiro atoms. The topological polar surface area (TPSA) is 55.4 Å². The average molecular weight is 502 g/mol. The molecule has 1 saturated carbocycles. The minimum atomic E-state index is -4.73. The lowest BCUT2D eigenvalue weighted by molar-refractivity contribution is -0.145. The molecule has 1 N–H and O–H groups in total. The van der Waals surface area contributed by atoms with Crippen LogP contribution in [0.25, 0.3) is 0 Å². The molecule has 9 heteroatoms. The zero-order chi connectivity index (χ0) is 24.2. The van der Waals surface area contributed by atoms with Crippen LogP contribution in [0.3, 0.4) is 0 Å². The Bertz CT molecular complexity index is 1040. The molecule has 0 bridgehead atoms. The summed E-state index contributed by atoms with van der Waals surface area (Å²) in [5, 5.41) is 0. The van der Waals surface area contributed by atoms with E-state index in [-0.39, 0.29) is 4.90 Å². The van der Waals surface area contributed by atoms with E-state index in [0.29, 0.717) is 34.3 Å². The summed E-state index contributed by atoms with van der Waals surface area (Å²) < 4.78 is 74.7. The molecule has 0 aliphatic heterocycles. The lowest BCUT2D eigenvalue weighted by atomic mass is 9.80. The van der Waals surface area contributed by atoms with Gasteiger partial charge in [-0.15, -0.1) is 11.8 Å². The van der Waals surface area contributed by atoms with Crippen molar-refractivity contribution in [2.24, 2.45) is 5.92 Å². The molecule has 1 fully saturated rings. The van der Waals surface area contributed by atoms with E-state index in [2.05, 4.69) is 0 Å². The second kappa shape index (κ2) is 10.7. The van der Waals surface area contributed by atoms with Gasteiger partial charge in [-0.05, 0) is 68.0 Å². The van der Waals surface area contributed by atoms with E-state index in [1.807, 2.05) is 11.6 Å². The summed E-state index contributed by atoms with van der Waals surface area (Å²) in [5.41, 5.74) is 1.97. The van der Waals surface area contributed by atoms with Gasteiger partial charge >= 0.3 is 6.18 Å². The Balaban J connectivity index is 1.77. The first kappa shape index (κ1) is 25.9. The molecular formula is C24H30F3NO3S2. The maximum absolute atomic E-state index is 13.8. The fraction of sp³-hybridized carbons (Fsp3) is 0.500. The summed E-state index contributed by atoms with van der Waals surface area (Å²) in [6.07, 6.45) is -0.316. The smallest absolute Gasteiger partial charge is 0.405 e. The lowest BCUT2D eigenvalue weighted by Gasteiger charge is -2.26. The van der Waals surface area contributed by atoms with E-state index >= 15 is 0 Å². The molecule has 1 aliphatic carbocycles. The molecule has 0 radical (unpaired) electrons. The lowest BCUT2D eigenvalue weighted by Crippen LogP contribution is -2.47. The van der Waals surface area contributed by atoms with Gasteiger partial charge in [-0.25, -0.2) is 8.42 Å². The van der Waals surface area contributed by atoms with Gasteiger partial charge in [0.1, 0.15) is 11.8 Å². The summed E-state index contributed by atoms with van der Waals surface area (Å²) in [5.74, 6) is 0.674. The van der Waals surface area contributed by atoms with Gasteiger partial charge in [-0.2, -0.15) is 17.9 Å². The summed E-state index contributed by atoms with van der Waals surface area (Å²) in [6.45, 7) is 5.54. The van der Waals surface area contributed by atoms with E-state index in [9.17, 15) is 21.6 Å². The monoisotopic (exact) mass is 501 g/mol. The predicted molar refractivity (Wildman–Crippen MR) is 125 cm³/mol. The Kier molecular flexibility index (Phi) is 8.40. The maximum atomic E-state index is 13.8. The number of aryl methyl sites for hydroxylation is 2. The maximum Gasteiger partial charge on any atom is 0.405 e. The zero-order valence-corrected chi connectivity index (χ0v) is 20.7. The van der Waals surface area contributed by atoms with Gasteiger partial charge in [-0.1, -0.05) is 37.5 Å². The van der Waals surface area contributed by atoms with E-state index in [1.54, 1.807) is 50.2 Å². The molecule has 1 aliphatic rings. The van der Waals surface area contributed by atoms with Crippen molar-refractivity contribution in [2.45, 2.75) is 68.5 Å². The van der Waals surface area contributed by atoms with Crippen molar-refractivity contribution in [1.82, 2.24) is 4.72 Å². The minimum absolute atomic E-state index is 0.0718. The van der Waals surface area contributed by atoms with Crippen LogP contribution in [-0.4, -0.2) is 33.0 Å². The van der Waals surface area contributed by atoms with Crippen molar-refractivity contribution < 1.29 is 26.3 Å². The molecule has 0 amide bonds. The van der Waals surface area contributed by atoms with Crippen LogP contribution in [0.2, 0.25) is 0 Å². The number of halogens is 3. The number of thioether (sulfide) groups is 1. The number of ether oxygens (including phenoxy) is 1. The number of benzene rings is 2. The van der Waals surface area contributed by atoms with Crippen molar-refractivity contribution in [3.8, 4) is 5.75 Å². The summed E-state index contributed by atoms with van der Waals surface area (Å²) in [4.78, 5) is 0.500. The highest BCUT2D eigenvalue weighted by Gasteiger charge is 2.42. The quantitative estimate of drug-likeness (QED) is 0.403. The Morgan fingerprint density at radius 1 is 1.15 bits per heavy atom. The fourth-order valence-electron chi connectivity index (χ4n) is 4.05. The van der Waals surface area contributed by atoms with Crippen LogP contribution >= 0.6 is 11.8 Å². The van der Waals surface area contributed by atoms with E-state index in [0.717, 1.165) is 36.6 Å². The van der Waals surface area contributed by atoms with Crippen LogP contribution in [0, 0.1) is 19.8 Å². The largest absolute Gasteiger partial charge is 0.494 e. The van der Waals surface area contributed by atoms with Crippen LogP contribution in [0.5, 0.6) is 5.75 Å². The third-order valence-corrected chi connectivity index (χ3v) is 8.63. The zero-order valence-electron chi connectivity index (χ0n) is 19.0. The van der Waals surface area contributed by atoms with Gasteiger partial charge in [0.2, 0.25) is 10.0 Å². The van der Waals surface area contributed by atoms with Crippen molar-refractivity contribution in [2.75, 3.05) is 12.4 Å². The van der Waals surface area contributed by atoms with Crippen molar-refractivity contribution >= 4 is 21.8 Å². The molecule has 1 unspecified atom stereocenters. The average Bonchev–Trinajstić information content (AvgIpc) is 2.67. The molecule has 0 saturated heterocycles.